The van der Waals surface area contributed by atoms with Crippen molar-refractivity contribution in [3.05, 3.63) is 21.5 Å². The normalized spacial score (nSPS) is 13.4. The number of nitro groups is 1. The van der Waals surface area contributed by atoms with Crippen LogP contribution in [-0.4, -0.2) is 51.2 Å². The maximum Gasteiger partial charge on any atom is 0.312 e. The van der Waals surface area contributed by atoms with Gasteiger partial charge in [0.05, 0.1) is 17.4 Å². The molecule has 30 heavy (non-hydrogen) atoms. The summed E-state index contributed by atoms with van der Waals surface area (Å²) in [4.78, 5) is 25.9. The Morgan fingerprint density at radius 1 is 1.13 bits per heavy atom. The van der Waals surface area contributed by atoms with E-state index >= 15 is 0 Å². The van der Waals surface area contributed by atoms with E-state index in [1.807, 2.05) is 13.8 Å². The third-order valence-corrected chi connectivity index (χ3v) is 5.50. The molecule has 0 fully saturated rings. The summed E-state index contributed by atoms with van der Waals surface area (Å²) in [5.74, 6) is -0.363. The number of nitrogens with zero attached hydrogens (tertiary/aromatic N) is 4. The highest BCUT2D eigenvalue weighted by Crippen LogP contribution is 2.22. The van der Waals surface area contributed by atoms with E-state index in [0.717, 1.165) is 19.6 Å². The highest BCUT2D eigenvalue weighted by atomic mass is 16.6. The maximum atomic E-state index is 12.7. The summed E-state index contributed by atoms with van der Waals surface area (Å²) in [5.41, 5.74) is 0.905. The topological polar surface area (TPSA) is 93.3 Å². The third-order valence-electron chi connectivity index (χ3n) is 5.50. The molecule has 8 nitrogen and oxygen atoms in total. The van der Waals surface area contributed by atoms with Crippen LogP contribution < -0.4 is 5.32 Å². The fourth-order valence-electron chi connectivity index (χ4n) is 3.76. The van der Waals surface area contributed by atoms with E-state index in [2.05, 4.69) is 29.2 Å². The second-order valence-corrected chi connectivity index (χ2v) is 8.48. The predicted octanol–water partition coefficient (Wildman–Crippen LogP) is 4.23. The van der Waals surface area contributed by atoms with Gasteiger partial charge in [0.1, 0.15) is 11.4 Å². The van der Waals surface area contributed by atoms with E-state index in [0.29, 0.717) is 17.9 Å². The molecule has 0 bridgehead atoms. The number of carbonyl (C=O) groups is 1. The van der Waals surface area contributed by atoms with Gasteiger partial charge in [-0.1, -0.05) is 46.5 Å². The van der Waals surface area contributed by atoms with Gasteiger partial charge >= 0.3 is 5.69 Å². The van der Waals surface area contributed by atoms with Crippen LogP contribution in [0.25, 0.3) is 0 Å². The number of aryl methyl sites for hydroxylation is 1. The van der Waals surface area contributed by atoms with Gasteiger partial charge in [0.25, 0.3) is 0 Å². The number of nitrogens with one attached hydrogen (secondary N) is 1. The molecule has 1 heterocycles. The van der Waals surface area contributed by atoms with Crippen molar-refractivity contribution in [1.29, 1.82) is 0 Å². The number of amides is 1. The molecule has 1 aromatic rings. The average molecular weight is 424 g/mol. The summed E-state index contributed by atoms with van der Waals surface area (Å²) < 4.78 is 1.57. The smallest absolute Gasteiger partial charge is 0.312 e. The summed E-state index contributed by atoms with van der Waals surface area (Å²) in [6, 6.07) is 0.0537. The minimum Gasteiger partial charge on any atom is -0.352 e. The standard InChI is InChI=1S/C22H41N5O3/c1-7-9-11-13-25(14-12-10-8-2)16-18(4)23-22(28)17(3)15-26-20(6)21(27(29)30)19(5)24-26/h17-18H,7-16H2,1-6H3,(H,23,28). The van der Waals surface area contributed by atoms with Gasteiger partial charge in [0, 0.05) is 12.6 Å². The lowest BCUT2D eigenvalue weighted by molar-refractivity contribution is -0.386. The second-order valence-electron chi connectivity index (χ2n) is 8.48. The Hall–Kier alpha value is -1.96. The fraction of sp³-hybridized carbons (Fsp3) is 0.818. The molecule has 0 aliphatic carbocycles. The number of hydrogen-bond donors (Lipinski definition) is 1. The minimum absolute atomic E-state index is 0.0331. The first-order chi connectivity index (χ1) is 14.2. The first-order valence-electron chi connectivity index (χ1n) is 11.4. The minimum atomic E-state index is -0.410. The van der Waals surface area contributed by atoms with Gasteiger partial charge in [-0.3, -0.25) is 19.6 Å². The molecule has 8 heteroatoms. The fourth-order valence-corrected chi connectivity index (χ4v) is 3.76. The van der Waals surface area contributed by atoms with Crippen LogP contribution in [-0.2, 0) is 11.3 Å². The van der Waals surface area contributed by atoms with Crippen LogP contribution in [0.3, 0.4) is 0 Å². The molecule has 0 saturated heterocycles. The van der Waals surface area contributed by atoms with Gasteiger partial charge in [0.15, 0.2) is 0 Å². The van der Waals surface area contributed by atoms with Gasteiger partial charge in [-0.05, 0) is 46.7 Å². The third kappa shape index (κ3) is 8.42. The lowest BCUT2D eigenvalue weighted by Gasteiger charge is -2.27. The molecule has 1 aromatic heterocycles. The van der Waals surface area contributed by atoms with Crippen LogP contribution >= 0.6 is 0 Å². The van der Waals surface area contributed by atoms with Crippen molar-refractivity contribution in [2.75, 3.05) is 19.6 Å². The van der Waals surface area contributed by atoms with Crippen molar-refractivity contribution in [2.24, 2.45) is 5.92 Å². The second kappa shape index (κ2) is 13.4. The first kappa shape index (κ1) is 26.1. The Kier molecular flexibility index (Phi) is 11.6. The van der Waals surface area contributed by atoms with E-state index in [1.54, 1.807) is 18.5 Å². The summed E-state index contributed by atoms with van der Waals surface area (Å²) in [6.45, 7) is 14.9. The molecule has 0 aromatic carbocycles. The lowest BCUT2D eigenvalue weighted by Crippen LogP contribution is -2.45. The molecule has 0 spiro atoms. The summed E-state index contributed by atoms with van der Waals surface area (Å²) in [6.07, 6.45) is 7.26. The zero-order chi connectivity index (χ0) is 22.7. The molecule has 0 aliphatic heterocycles. The number of rotatable bonds is 15. The van der Waals surface area contributed by atoms with Crippen LogP contribution in [0.15, 0.2) is 0 Å². The molecule has 2 unspecified atom stereocenters. The molecule has 172 valence electrons. The van der Waals surface area contributed by atoms with Crippen molar-refractivity contribution in [2.45, 2.75) is 92.7 Å². The Labute approximate surface area is 181 Å². The highest BCUT2D eigenvalue weighted by Gasteiger charge is 2.24. The first-order valence-corrected chi connectivity index (χ1v) is 11.4. The molecule has 1 amide bonds. The molecule has 0 radical (unpaired) electrons. The lowest BCUT2D eigenvalue weighted by atomic mass is 10.1. The highest BCUT2D eigenvalue weighted by molar-refractivity contribution is 5.78. The Morgan fingerprint density at radius 2 is 1.70 bits per heavy atom. The van der Waals surface area contributed by atoms with Crippen molar-refractivity contribution in [1.82, 2.24) is 20.0 Å². The van der Waals surface area contributed by atoms with E-state index < -0.39 is 4.92 Å². The van der Waals surface area contributed by atoms with Crippen molar-refractivity contribution < 1.29 is 9.72 Å². The van der Waals surface area contributed by atoms with Crippen LogP contribution in [0.5, 0.6) is 0 Å². The van der Waals surface area contributed by atoms with E-state index in [1.165, 1.54) is 38.5 Å². The Bertz CT molecular complexity index is 664. The number of unbranched alkanes of at least 4 members (excludes halogenated alkanes) is 4. The molecule has 1 N–H and O–H groups in total. The maximum absolute atomic E-state index is 12.7. The largest absolute Gasteiger partial charge is 0.352 e. The van der Waals surface area contributed by atoms with Gasteiger partial charge in [-0.2, -0.15) is 5.10 Å². The Balaban J connectivity index is 2.61. The zero-order valence-corrected chi connectivity index (χ0v) is 19.7. The van der Waals surface area contributed by atoms with Crippen molar-refractivity contribution >= 4 is 11.6 Å². The van der Waals surface area contributed by atoms with Crippen LogP contribution in [0, 0.1) is 29.9 Å². The van der Waals surface area contributed by atoms with Gasteiger partial charge in [0.2, 0.25) is 5.91 Å². The summed E-state index contributed by atoms with van der Waals surface area (Å²) >= 11 is 0. The van der Waals surface area contributed by atoms with E-state index in [4.69, 9.17) is 0 Å². The molecule has 2 atom stereocenters. The average Bonchev–Trinajstić information content (AvgIpc) is 2.95. The summed E-state index contributed by atoms with van der Waals surface area (Å²) in [7, 11) is 0. The summed E-state index contributed by atoms with van der Waals surface area (Å²) in [5, 5.41) is 18.6. The molecule has 0 aliphatic rings. The Morgan fingerprint density at radius 3 is 2.17 bits per heavy atom. The van der Waals surface area contributed by atoms with Gasteiger partial charge in [-0.15, -0.1) is 0 Å². The molecular weight excluding hydrogens is 382 g/mol. The van der Waals surface area contributed by atoms with Crippen LogP contribution in [0.2, 0.25) is 0 Å². The van der Waals surface area contributed by atoms with Crippen molar-refractivity contribution in [3.8, 4) is 0 Å². The number of carbonyl (C=O) groups excluding carboxylic acids is 1. The monoisotopic (exact) mass is 423 g/mol. The molecule has 0 saturated carbocycles. The zero-order valence-electron chi connectivity index (χ0n) is 19.7. The van der Waals surface area contributed by atoms with E-state index in [9.17, 15) is 14.9 Å². The van der Waals surface area contributed by atoms with Crippen molar-refractivity contribution in [3.63, 3.8) is 0 Å². The van der Waals surface area contributed by atoms with Crippen LogP contribution in [0.4, 0.5) is 5.69 Å². The SMILES string of the molecule is CCCCCN(CCCCC)CC(C)NC(=O)C(C)Cn1nc(C)c([N+](=O)[O-])c1C. The number of hydrogen-bond acceptors (Lipinski definition) is 5. The molecule has 1 rings (SSSR count). The quantitative estimate of drug-likeness (QED) is 0.259. The van der Waals surface area contributed by atoms with Gasteiger partial charge in [-0.25, -0.2) is 0 Å². The predicted molar refractivity (Wildman–Crippen MR) is 121 cm³/mol. The van der Waals surface area contributed by atoms with Gasteiger partial charge < -0.3 is 10.2 Å². The van der Waals surface area contributed by atoms with Crippen LogP contribution in [0.1, 0.15) is 77.6 Å². The van der Waals surface area contributed by atoms with E-state index in [-0.39, 0.29) is 23.6 Å². The number of aromatic nitrogens is 2. The molecular formula is C22H41N5O3.